The maximum Gasteiger partial charge on any atom is 0.351 e. The van der Waals surface area contributed by atoms with Gasteiger partial charge in [0.15, 0.2) is 5.85 Å². The highest BCUT2D eigenvalue weighted by Gasteiger charge is 2.51. The molecule has 0 aromatic rings. The Bertz CT molecular complexity index is 389. The van der Waals surface area contributed by atoms with Crippen molar-refractivity contribution >= 4 is 13.3 Å². The smallest absolute Gasteiger partial charge is 0.351 e. The summed E-state index contributed by atoms with van der Waals surface area (Å²) < 4.78 is 33.3. The molecule has 104 valence electrons. The van der Waals surface area contributed by atoms with Gasteiger partial charge in [0.05, 0.1) is 19.8 Å². The first-order valence-corrected chi connectivity index (χ1v) is 7.66. The van der Waals surface area contributed by atoms with E-state index in [-0.39, 0.29) is 24.5 Å². The van der Waals surface area contributed by atoms with Gasteiger partial charge in [0, 0.05) is 0 Å². The third kappa shape index (κ3) is 2.70. The molecule has 1 aliphatic heterocycles. The summed E-state index contributed by atoms with van der Waals surface area (Å²) in [7, 11) is -3.39. The molecule has 1 heterocycles. The molecule has 0 N–H and O–H groups in total. The fourth-order valence-electron chi connectivity index (χ4n) is 1.59. The highest BCUT2D eigenvalue weighted by molar-refractivity contribution is 7.65. The third-order valence-corrected chi connectivity index (χ3v) is 5.02. The molecule has 0 aromatic carbocycles. The van der Waals surface area contributed by atoms with E-state index < -0.39 is 19.2 Å². The van der Waals surface area contributed by atoms with Crippen molar-refractivity contribution in [3.05, 3.63) is 11.3 Å². The van der Waals surface area contributed by atoms with Gasteiger partial charge in [0.1, 0.15) is 0 Å². The van der Waals surface area contributed by atoms with Gasteiger partial charge in [-0.1, -0.05) is 0 Å². The predicted octanol–water partition coefficient (Wildman–Crippen LogP) is 2.45. The Morgan fingerprint density at radius 3 is 2.44 bits per heavy atom. The lowest BCUT2D eigenvalue weighted by molar-refractivity contribution is -0.138. The Labute approximate surface area is 107 Å². The number of esters is 1. The Balaban J connectivity index is 3.15. The van der Waals surface area contributed by atoms with Crippen molar-refractivity contribution in [2.24, 2.45) is 0 Å². The molecule has 0 fully saturated rings. The Morgan fingerprint density at radius 1 is 1.28 bits per heavy atom. The molecule has 1 aliphatic rings. The van der Waals surface area contributed by atoms with Crippen LogP contribution in [0.4, 0.5) is 0 Å². The van der Waals surface area contributed by atoms with Crippen LogP contribution in [0, 0.1) is 0 Å². The normalized spacial score (nSPS) is 27.0. The van der Waals surface area contributed by atoms with E-state index in [0.717, 1.165) is 0 Å². The maximum absolute atomic E-state index is 12.7. The second-order valence-electron chi connectivity index (χ2n) is 3.52. The third-order valence-electron chi connectivity index (χ3n) is 2.33. The summed E-state index contributed by atoms with van der Waals surface area (Å²) in [5, 5.41) is -0.111. The minimum Gasteiger partial charge on any atom is -0.465 e. The number of rotatable bonds is 6. The molecule has 0 saturated carbocycles. The van der Waals surface area contributed by atoms with Gasteiger partial charge < -0.3 is 18.7 Å². The quantitative estimate of drug-likeness (QED) is 0.549. The Morgan fingerprint density at radius 2 is 1.94 bits per heavy atom. The van der Waals surface area contributed by atoms with Crippen LogP contribution in [0.2, 0.25) is 0 Å². The average molecular weight is 278 g/mol. The van der Waals surface area contributed by atoms with Gasteiger partial charge in [-0.2, -0.15) is 0 Å². The summed E-state index contributed by atoms with van der Waals surface area (Å²) in [5.74, 6) is -1.49. The van der Waals surface area contributed by atoms with Crippen LogP contribution in [0.3, 0.4) is 0 Å². The van der Waals surface area contributed by atoms with Crippen molar-refractivity contribution < 1.29 is 28.1 Å². The standard InChI is InChI=1S/C11H19O6P/c1-5-14-10(12)9-11(15-6-2)17-8(4)18(9,13)16-7-3/h8H,5-7H2,1-4H3. The van der Waals surface area contributed by atoms with Crippen LogP contribution < -0.4 is 0 Å². The van der Waals surface area contributed by atoms with Crippen LogP contribution in [0.1, 0.15) is 27.7 Å². The first-order valence-electron chi connectivity index (χ1n) is 5.96. The second-order valence-corrected chi connectivity index (χ2v) is 6.15. The van der Waals surface area contributed by atoms with Crippen molar-refractivity contribution in [2.45, 2.75) is 33.5 Å². The molecule has 0 aliphatic carbocycles. The Hall–Kier alpha value is -1.00. The van der Waals surface area contributed by atoms with Crippen molar-refractivity contribution in [2.75, 3.05) is 19.8 Å². The molecule has 0 spiro atoms. The monoisotopic (exact) mass is 278 g/mol. The average Bonchev–Trinajstić information content (AvgIpc) is 2.52. The zero-order valence-electron chi connectivity index (χ0n) is 11.1. The molecule has 2 atom stereocenters. The van der Waals surface area contributed by atoms with E-state index in [2.05, 4.69) is 0 Å². The van der Waals surface area contributed by atoms with Gasteiger partial charge in [-0.05, 0) is 27.7 Å². The van der Waals surface area contributed by atoms with Crippen LogP contribution in [-0.4, -0.2) is 31.6 Å². The van der Waals surface area contributed by atoms with Crippen molar-refractivity contribution in [1.29, 1.82) is 0 Å². The summed E-state index contributed by atoms with van der Waals surface area (Å²) in [6.07, 6.45) is 0. The van der Waals surface area contributed by atoms with E-state index in [1.54, 1.807) is 27.7 Å². The summed E-state index contributed by atoms with van der Waals surface area (Å²) in [4.78, 5) is 11.9. The van der Waals surface area contributed by atoms with Gasteiger partial charge in [0.25, 0.3) is 7.37 Å². The molecule has 0 amide bonds. The molecular weight excluding hydrogens is 259 g/mol. The van der Waals surface area contributed by atoms with Gasteiger partial charge in [-0.25, -0.2) is 4.79 Å². The topological polar surface area (TPSA) is 71.1 Å². The van der Waals surface area contributed by atoms with E-state index in [1.165, 1.54) is 0 Å². The highest BCUT2D eigenvalue weighted by Crippen LogP contribution is 2.65. The van der Waals surface area contributed by atoms with E-state index in [0.29, 0.717) is 6.61 Å². The molecule has 2 unspecified atom stereocenters. The molecule has 0 aromatic heterocycles. The summed E-state index contributed by atoms with van der Waals surface area (Å²) in [5.41, 5.74) is 0. The lowest BCUT2D eigenvalue weighted by Crippen LogP contribution is -2.11. The number of carbonyl (C=O) groups is 1. The van der Waals surface area contributed by atoms with Gasteiger partial charge in [0.2, 0.25) is 5.31 Å². The van der Waals surface area contributed by atoms with Crippen LogP contribution in [0.25, 0.3) is 0 Å². The summed E-state index contributed by atoms with van der Waals surface area (Å²) in [6, 6.07) is 0. The summed E-state index contributed by atoms with van der Waals surface area (Å²) >= 11 is 0. The van der Waals surface area contributed by atoms with E-state index in [9.17, 15) is 9.36 Å². The van der Waals surface area contributed by atoms with E-state index in [4.69, 9.17) is 18.7 Å². The molecule has 0 radical (unpaired) electrons. The zero-order chi connectivity index (χ0) is 13.8. The molecule has 6 nitrogen and oxygen atoms in total. The molecule has 0 bridgehead atoms. The summed E-state index contributed by atoms with van der Waals surface area (Å²) in [6.45, 7) is 7.40. The Kier molecular flexibility index (Phi) is 5.23. The van der Waals surface area contributed by atoms with Crippen LogP contribution in [0.15, 0.2) is 11.3 Å². The van der Waals surface area contributed by atoms with Crippen molar-refractivity contribution in [3.8, 4) is 0 Å². The maximum atomic E-state index is 12.7. The fourth-order valence-corrected chi connectivity index (χ4v) is 3.61. The SMILES string of the molecule is CCOC(=O)C1=C(OCC)OC(C)P1(=O)OCC. The number of hydrogen-bond donors (Lipinski definition) is 0. The first-order chi connectivity index (χ1) is 8.51. The molecular formula is C11H19O6P. The van der Waals surface area contributed by atoms with E-state index >= 15 is 0 Å². The number of hydrogen-bond acceptors (Lipinski definition) is 6. The number of ether oxygens (including phenoxy) is 3. The predicted molar refractivity (Wildman–Crippen MR) is 65.1 cm³/mol. The van der Waals surface area contributed by atoms with Crippen molar-refractivity contribution in [3.63, 3.8) is 0 Å². The van der Waals surface area contributed by atoms with Gasteiger partial charge >= 0.3 is 11.9 Å². The van der Waals surface area contributed by atoms with E-state index in [1.807, 2.05) is 0 Å². The lowest BCUT2D eigenvalue weighted by Gasteiger charge is -2.16. The second kappa shape index (κ2) is 6.25. The molecule has 1 rings (SSSR count). The minimum atomic E-state index is -3.39. The molecule has 7 heteroatoms. The fraction of sp³-hybridized carbons (Fsp3) is 0.727. The molecule has 18 heavy (non-hydrogen) atoms. The molecule has 0 saturated heterocycles. The van der Waals surface area contributed by atoms with Crippen LogP contribution >= 0.6 is 7.37 Å². The highest BCUT2D eigenvalue weighted by atomic mass is 31.2. The van der Waals surface area contributed by atoms with Gasteiger partial charge in [-0.15, -0.1) is 0 Å². The first kappa shape index (κ1) is 15.1. The largest absolute Gasteiger partial charge is 0.465 e. The minimum absolute atomic E-state index is 0.0415. The van der Waals surface area contributed by atoms with Crippen molar-refractivity contribution in [1.82, 2.24) is 0 Å². The van der Waals surface area contributed by atoms with Gasteiger partial charge in [-0.3, -0.25) is 4.57 Å². The van der Waals surface area contributed by atoms with Crippen LogP contribution in [-0.2, 0) is 28.1 Å². The number of carbonyl (C=O) groups excluding carboxylic acids is 1. The zero-order valence-corrected chi connectivity index (χ0v) is 12.0. The lowest BCUT2D eigenvalue weighted by atomic mass is 10.6. The van der Waals surface area contributed by atoms with Crippen LogP contribution in [0.5, 0.6) is 0 Å².